The number of hydrogen-bond donors (Lipinski definition) is 1. The number of nitrogens with zero attached hydrogens (tertiary/aromatic N) is 1. The Morgan fingerprint density at radius 1 is 1.50 bits per heavy atom. The number of carbonyl (C=O) groups excluding carboxylic acids is 1. The van der Waals surface area contributed by atoms with E-state index in [4.69, 9.17) is 4.74 Å². The Balaban J connectivity index is 2.53. The molecular formula is C14H27NO3. The van der Waals surface area contributed by atoms with Crippen LogP contribution >= 0.6 is 0 Å². The Morgan fingerprint density at radius 3 is 2.78 bits per heavy atom. The van der Waals surface area contributed by atoms with E-state index in [0.717, 1.165) is 13.0 Å². The lowest BCUT2D eigenvalue weighted by molar-refractivity contribution is -0.146. The van der Waals surface area contributed by atoms with Crippen LogP contribution in [0.25, 0.3) is 0 Å². The van der Waals surface area contributed by atoms with E-state index in [1.807, 2.05) is 0 Å². The van der Waals surface area contributed by atoms with Crippen molar-refractivity contribution in [1.29, 1.82) is 0 Å². The van der Waals surface area contributed by atoms with Gasteiger partial charge in [-0.1, -0.05) is 33.1 Å². The van der Waals surface area contributed by atoms with Gasteiger partial charge in [0.25, 0.3) is 0 Å². The number of rotatable bonds is 7. The summed E-state index contributed by atoms with van der Waals surface area (Å²) in [5.74, 6) is 0.402. The highest BCUT2D eigenvalue weighted by molar-refractivity contribution is 5.76. The molecule has 106 valence electrons. The fourth-order valence-corrected chi connectivity index (χ4v) is 2.71. The number of hydrogen-bond acceptors (Lipinski definition) is 4. The summed E-state index contributed by atoms with van der Waals surface area (Å²) >= 11 is 0. The number of unbranched alkanes of at least 4 members (excludes halogenated alkanes) is 1. The topological polar surface area (TPSA) is 49.8 Å². The predicted octanol–water partition coefficient (Wildman–Crippen LogP) is 1.81. The van der Waals surface area contributed by atoms with E-state index >= 15 is 0 Å². The van der Waals surface area contributed by atoms with Crippen LogP contribution in [0, 0.1) is 5.92 Å². The van der Waals surface area contributed by atoms with E-state index in [0.29, 0.717) is 18.9 Å². The number of esters is 1. The lowest BCUT2D eigenvalue weighted by Gasteiger charge is -2.26. The van der Waals surface area contributed by atoms with Crippen molar-refractivity contribution < 1.29 is 14.6 Å². The fraction of sp³-hybridized carbons (Fsp3) is 0.929. The molecular weight excluding hydrogens is 230 g/mol. The van der Waals surface area contributed by atoms with Crippen molar-refractivity contribution in [1.82, 2.24) is 4.90 Å². The molecule has 0 saturated carbocycles. The summed E-state index contributed by atoms with van der Waals surface area (Å²) in [6.07, 6.45) is 4.89. The quantitative estimate of drug-likeness (QED) is 0.707. The fourth-order valence-electron chi connectivity index (χ4n) is 2.71. The number of aliphatic hydroxyl groups excluding tert-OH is 1. The molecule has 0 aromatic heterocycles. The van der Waals surface area contributed by atoms with Gasteiger partial charge in [0.1, 0.15) is 6.04 Å². The van der Waals surface area contributed by atoms with Gasteiger partial charge in [-0.25, -0.2) is 0 Å². The van der Waals surface area contributed by atoms with Crippen LogP contribution in [-0.4, -0.2) is 48.3 Å². The average molecular weight is 257 g/mol. The van der Waals surface area contributed by atoms with E-state index in [2.05, 4.69) is 18.7 Å². The van der Waals surface area contributed by atoms with Crippen LogP contribution in [-0.2, 0) is 9.53 Å². The monoisotopic (exact) mass is 257 g/mol. The molecule has 3 atom stereocenters. The van der Waals surface area contributed by atoms with Gasteiger partial charge in [-0.15, -0.1) is 0 Å². The highest BCUT2D eigenvalue weighted by Gasteiger charge is 2.37. The lowest BCUT2D eigenvalue weighted by Crippen LogP contribution is -2.39. The second-order valence-corrected chi connectivity index (χ2v) is 5.30. The van der Waals surface area contributed by atoms with Crippen LogP contribution in [0.2, 0.25) is 0 Å². The largest absolute Gasteiger partial charge is 0.468 e. The third kappa shape index (κ3) is 4.25. The van der Waals surface area contributed by atoms with Crippen LogP contribution in [0.4, 0.5) is 0 Å². The minimum Gasteiger partial charge on any atom is -0.468 e. The minimum atomic E-state index is -0.391. The van der Waals surface area contributed by atoms with Gasteiger partial charge in [-0.05, 0) is 12.3 Å². The Labute approximate surface area is 110 Å². The number of likely N-dealkylation sites (tertiary alicyclic amines) is 1. The van der Waals surface area contributed by atoms with Crippen molar-refractivity contribution in [2.75, 3.05) is 20.2 Å². The smallest absolute Gasteiger partial charge is 0.323 e. The molecule has 0 radical (unpaired) electrons. The molecule has 1 aliphatic rings. The summed E-state index contributed by atoms with van der Waals surface area (Å²) < 4.78 is 4.82. The van der Waals surface area contributed by atoms with Gasteiger partial charge in [0.2, 0.25) is 0 Å². The van der Waals surface area contributed by atoms with Crippen LogP contribution in [0.3, 0.4) is 0 Å². The second kappa shape index (κ2) is 7.74. The van der Waals surface area contributed by atoms with E-state index in [1.165, 1.54) is 26.4 Å². The molecule has 0 aliphatic carbocycles. The molecule has 3 unspecified atom stereocenters. The first-order valence-corrected chi connectivity index (χ1v) is 7.12. The SMILES string of the molecule is CCCCC(CC)CN1CC(O)CC1C(=O)OC. The number of carbonyl (C=O) groups is 1. The molecule has 1 aliphatic heterocycles. The van der Waals surface area contributed by atoms with Crippen molar-refractivity contribution in [2.45, 2.75) is 58.1 Å². The molecule has 1 N–H and O–H groups in total. The molecule has 0 aromatic carbocycles. The first kappa shape index (κ1) is 15.4. The highest BCUT2D eigenvalue weighted by atomic mass is 16.5. The van der Waals surface area contributed by atoms with E-state index in [-0.39, 0.29) is 12.0 Å². The normalized spacial score (nSPS) is 26.2. The highest BCUT2D eigenvalue weighted by Crippen LogP contribution is 2.23. The Morgan fingerprint density at radius 2 is 2.22 bits per heavy atom. The third-order valence-corrected chi connectivity index (χ3v) is 3.89. The van der Waals surface area contributed by atoms with Gasteiger partial charge in [0.05, 0.1) is 13.2 Å². The number of aliphatic hydroxyl groups is 1. The van der Waals surface area contributed by atoms with Crippen molar-refractivity contribution in [3.8, 4) is 0 Å². The second-order valence-electron chi connectivity index (χ2n) is 5.30. The molecule has 0 bridgehead atoms. The Hall–Kier alpha value is -0.610. The molecule has 0 spiro atoms. The van der Waals surface area contributed by atoms with Crippen molar-refractivity contribution in [2.24, 2.45) is 5.92 Å². The third-order valence-electron chi connectivity index (χ3n) is 3.89. The van der Waals surface area contributed by atoms with Gasteiger partial charge < -0.3 is 9.84 Å². The zero-order chi connectivity index (χ0) is 13.5. The zero-order valence-corrected chi connectivity index (χ0v) is 11.9. The van der Waals surface area contributed by atoms with Crippen molar-refractivity contribution in [3.63, 3.8) is 0 Å². The minimum absolute atomic E-state index is 0.211. The maximum Gasteiger partial charge on any atom is 0.323 e. The maximum atomic E-state index is 11.7. The summed E-state index contributed by atoms with van der Waals surface area (Å²) in [7, 11) is 1.42. The van der Waals surface area contributed by atoms with Crippen molar-refractivity contribution in [3.05, 3.63) is 0 Å². The summed E-state index contributed by atoms with van der Waals surface area (Å²) in [4.78, 5) is 13.8. The zero-order valence-electron chi connectivity index (χ0n) is 11.9. The number of β-amino-alcohol motifs (C(OH)–C–C–N with tert-alkyl or cyclic N) is 1. The first-order chi connectivity index (χ1) is 8.62. The maximum absolute atomic E-state index is 11.7. The molecule has 4 heteroatoms. The number of ether oxygens (including phenoxy) is 1. The standard InChI is InChI=1S/C14H27NO3/c1-4-6-7-11(5-2)9-15-10-12(16)8-13(15)14(17)18-3/h11-13,16H,4-10H2,1-3H3. The molecule has 1 fully saturated rings. The van der Waals surface area contributed by atoms with Gasteiger partial charge in [-0.3, -0.25) is 9.69 Å². The van der Waals surface area contributed by atoms with Gasteiger partial charge in [-0.2, -0.15) is 0 Å². The van der Waals surface area contributed by atoms with Gasteiger partial charge in [0.15, 0.2) is 0 Å². The van der Waals surface area contributed by atoms with Gasteiger partial charge in [0, 0.05) is 19.5 Å². The van der Waals surface area contributed by atoms with E-state index in [9.17, 15) is 9.90 Å². The summed E-state index contributed by atoms with van der Waals surface area (Å²) in [6.45, 7) is 5.89. The summed E-state index contributed by atoms with van der Waals surface area (Å²) in [5, 5.41) is 9.73. The molecule has 1 heterocycles. The molecule has 1 rings (SSSR count). The average Bonchev–Trinajstić information content (AvgIpc) is 2.74. The lowest BCUT2D eigenvalue weighted by atomic mass is 9.98. The van der Waals surface area contributed by atoms with Crippen LogP contribution in [0.5, 0.6) is 0 Å². The first-order valence-electron chi connectivity index (χ1n) is 7.12. The Bertz CT molecular complexity index is 257. The van der Waals surface area contributed by atoms with E-state index in [1.54, 1.807) is 0 Å². The van der Waals surface area contributed by atoms with Crippen LogP contribution in [0.15, 0.2) is 0 Å². The van der Waals surface area contributed by atoms with E-state index < -0.39 is 6.10 Å². The summed E-state index contributed by atoms with van der Waals surface area (Å²) in [5.41, 5.74) is 0. The molecule has 4 nitrogen and oxygen atoms in total. The Kier molecular flexibility index (Phi) is 6.65. The molecule has 18 heavy (non-hydrogen) atoms. The van der Waals surface area contributed by atoms with Crippen molar-refractivity contribution >= 4 is 5.97 Å². The van der Waals surface area contributed by atoms with Crippen LogP contribution in [0.1, 0.15) is 46.0 Å². The predicted molar refractivity (Wildman–Crippen MR) is 71.3 cm³/mol. The van der Waals surface area contributed by atoms with Gasteiger partial charge >= 0.3 is 5.97 Å². The summed E-state index contributed by atoms with van der Waals surface area (Å²) in [6, 6.07) is -0.249. The molecule has 0 amide bonds. The molecule has 0 aromatic rings. The van der Waals surface area contributed by atoms with Crippen LogP contribution < -0.4 is 0 Å². The molecule has 1 saturated heterocycles. The number of methoxy groups -OCH3 is 1.